The molecule has 8 heteroatoms. The van der Waals surface area contributed by atoms with Crippen molar-refractivity contribution in [2.24, 2.45) is 4.40 Å². The lowest BCUT2D eigenvalue weighted by molar-refractivity contribution is -0.137. The number of hydrogen-bond acceptors (Lipinski definition) is 4. The molecule has 0 saturated heterocycles. The van der Waals surface area contributed by atoms with Gasteiger partial charge in [-0.3, -0.25) is 0 Å². The molecule has 0 radical (unpaired) electrons. The van der Waals surface area contributed by atoms with E-state index in [9.17, 15) is 17.7 Å². The zero-order valence-electron chi connectivity index (χ0n) is 13.3. The van der Waals surface area contributed by atoms with Crippen LogP contribution in [0.1, 0.15) is 31.9 Å². The van der Waals surface area contributed by atoms with Gasteiger partial charge in [0.1, 0.15) is 16.1 Å². The molecule has 0 fully saturated rings. The van der Waals surface area contributed by atoms with Crippen LogP contribution in [0.5, 0.6) is 0 Å². The van der Waals surface area contributed by atoms with Crippen LogP contribution in [0, 0.1) is 0 Å². The second-order valence-electron chi connectivity index (χ2n) is 6.01. The summed E-state index contributed by atoms with van der Waals surface area (Å²) in [6.07, 6.45) is -0.00691. The first-order valence-electron chi connectivity index (χ1n) is 7.03. The van der Waals surface area contributed by atoms with Crippen LogP contribution in [0.4, 0.5) is 13.2 Å². The number of benzene rings is 1. The predicted octanol–water partition coefficient (Wildman–Crippen LogP) is 4.04. The molecular weight excluding hydrogens is 339 g/mol. The van der Waals surface area contributed by atoms with Gasteiger partial charge in [-0.05, 0) is 32.9 Å². The van der Waals surface area contributed by atoms with Crippen molar-refractivity contribution >= 4 is 17.6 Å². The molecule has 1 aromatic heterocycles. The smallest absolute Gasteiger partial charge is 0.416 e. The molecule has 1 heterocycles. The van der Waals surface area contributed by atoms with Gasteiger partial charge in [-0.1, -0.05) is 16.5 Å². The summed E-state index contributed by atoms with van der Waals surface area (Å²) in [4.78, 5) is 8.20. The van der Waals surface area contributed by atoms with Gasteiger partial charge < -0.3 is 4.55 Å². The number of nitrogens with zero attached hydrogens (tertiary/aromatic N) is 3. The Balaban J connectivity index is 2.13. The summed E-state index contributed by atoms with van der Waals surface area (Å²) in [5.74, 6) is 0.304. The molecule has 0 spiro atoms. The summed E-state index contributed by atoms with van der Waals surface area (Å²) < 4.78 is 52.9. The first-order chi connectivity index (χ1) is 11.1. The van der Waals surface area contributed by atoms with Crippen LogP contribution in [0.3, 0.4) is 0 Å². The molecule has 1 aromatic carbocycles. The summed E-state index contributed by atoms with van der Waals surface area (Å²) in [5, 5.41) is 0. The van der Waals surface area contributed by atoms with Crippen LogP contribution in [0.15, 0.2) is 41.1 Å². The molecule has 0 amide bonds. The Morgan fingerprint density at radius 2 is 1.58 bits per heavy atom. The molecule has 0 bridgehead atoms. The predicted molar refractivity (Wildman–Crippen MR) is 88.0 cm³/mol. The van der Waals surface area contributed by atoms with Gasteiger partial charge in [-0.15, -0.1) is 0 Å². The van der Waals surface area contributed by atoms with Crippen LogP contribution in [0.25, 0.3) is 11.4 Å². The molecule has 0 aliphatic carbocycles. The number of halogens is 3. The van der Waals surface area contributed by atoms with Crippen molar-refractivity contribution in [2.75, 3.05) is 0 Å². The molecule has 0 aliphatic heterocycles. The fourth-order valence-electron chi connectivity index (χ4n) is 1.63. The van der Waals surface area contributed by atoms with E-state index in [0.29, 0.717) is 17.0 Å². The number of alkyl halides is 3. The summed E-state index contributed by atoms with van der Waals surface area (Å²) in [6.45, 7) is 5.43. The van der Waals surface area contributed by atoms with Gasteiger partial charge in [0.2, 0.25) is 0 Å². The molecule has 128 valence electrons. The fourth-order valence-corrected chi connectivity index (χ4v) is 2.16. The zero-order valence-corrected chi connectivity index (χ0v) is 14.1. The van der Waals surface area contributed by atoms with E-state index in [1.807, 2.05) is 20.8 Å². The highest BCUT2D eigenvalue weighted by Gasteiger charge is 2.30. The van der Waals surface area contributed by atoms with Crippen molar-refractivity contribution in [1.29, 1.82) is 0 Å². The van der Waals surface area contributed by atoms with E-state index in [2.05, 4.69) is 14.4 Å². The Morgan fingerprint density at radius 3 is 2.04 bits per heavy atom. The van der Waals surface area contributed by atoms with E-state index < -0.39 is 27.8 Å². The Hall–Kier alpha value is -1.93. The summed E-state index contributed by atoms with van der Waals surface area (Å²) in [5.41, 5.74) is 0.313. The molecule has 0 N–H and O–H groups in total. The van der Waals surface area contributed by atoms with E-state index >= 15 is 0 Å². The minimum atomic E-state index is -4.37. The Kier molecular flexibility index (Phi) is 5.29. The average Bonchev–Trinajstić information content (AvgIpc) is 2.51. The summed E-state index contributed by atoms with van der Waals surface area (Å²) >= 11 is -1.38. The molecule has 2 aromatic rings. The fraction of sp³-hybridized carbons (Fsp3) is 0.312. The van der Waals surface area contributed by atoms with E-state index in [1.54, 1.807) is 0 Å². The van der Waals surface area contributed by atoms with Crippen LogP contribution in [-0.2, 0) is 17.5 Å². The van der Waals surface area contributed by atoms with E-state index in [1.165, 1.54) is 30.7 Å². The Labute approximate surface area is 141 Å². The van der Waals surface area contributed by atoms with Crippen molar-refractivity contribution in [3.8, 4) is 11.4 Å². The third-order valence-corrected chi connectivity index (χ3v) is 4.31. The topological polar surface area (TPSA) is 61.2 Å². The molecular formula is C16H16F3N3OS. The van der Waals surface area contributed by atoms with E-state index in [0.717, 1.165) is 12.1 Å². The standard InChI is InChI=1S/C16H16F3N3OS/c1-15(2,3)24(23)22-10-11-8-20-14(21-9-11)12-4-6-13(7-5-12)16(17,18)19/h4-10H,1-3H3/t24-/m0/s1. The van der Waals surface area contributed by atoms with Crippen molar-refractivity contribution in [3.05, 3.63) is 47.8 Å². The van der Waals surface area contributed by atoms with E-state index in [-0.39, 0.29) is 0 Å². The highest BCUT2D eigenvalue weighted by molar-refractivity contribution is 7.91. The van der Waals surface area contributed by atoms with Gasteiger partial charge >= 0.3 is 6.18 Å². The molecule has 0 unspecified atom stereocenters. The molecule has 4 nitrogen and oxygen atoms in total. The van der Waals surface area contributed by atoms with Gasteiger partial charge in [0.25, 0.3) is 0 Å². The Bertz CT molecular complexity index is 707. The van der Waals surface area contributed by atoms with Gasteiger partial charge in [0.05, 0.1) is 11.8 Å². The van der Waals surface area contributed by atoms with Gasteiger partial charge in [0, 0.05) is 23.5 Å². The van der Waals surface area contributed by atoms with Gasteiger partial charge in [0.15, 0.2) is 5.82 Å². The number of aromatic nitrogens is 2. The number of rotatable bonds is 3. The van der Waals surface area contributed by atoms with Crippen LogP contribution < -0.4 is 0 Å². The number of hydrogen-bond donors (Lipinski definition) is 0. The van der Waals surface area contributed by atoms with Crippen molar-refractivity contribution in [1.82, 2.24) is 9.97 Å². The Morgan fingerprint density at radius 1 is 1.04 bits per heavy atom. The first kappa shape index (κ1) is 18.4. The minimum absolute atomic E-state index is 0.304. The maximum Gasteiger partial charge on any atom is 0.416 e. The van der Waals surface area contributed by atoms with Crippen LogP contribution in [0.2, 0.25) is 0 Å². The summed E-state index contributed by atoms with van der Waals surface area (Å²) in [6, 6.07) is 4.61. The monoisotopic (exact) mass is 355 g/mol. The lowest BCUT2D eigenvalue weighted by Crippen LogP contribution is -2.25. The minimum Gasteiger partial charge on any atom is -0.591 e. The maximum atomic E-state index is 12.5. The highest BCUT2D eigenvalue weighted by Crippen LogP contribution is 2.30. The lowest BCUT2D eigenvalue weighted by Gasteiger charge is -2.17. The maximum absolute atomic E-state index is 12.5. The normalized spacial score (nSPS) is 14.1. The average molecular weight is 355 g/mol. The molecule has 0 aliphatic rings. The lowest BCUT2D eigenvalue weighted by atomic mass is 10.1. The molecule has 24 heavy (non-hydrogen) atoms. The highest BCUT2D eigenvalue weighted by atomic mass is 32.2. The van der Waals surface area contributed by atoms with Gasteiger partial charge in [-0.2, -0.15) is 13.2 Å². The van der Waals surface area contributed by atoms with Crippen LogP contribution >= 0.6 is 0 Å². The van der Waals surface area contributed by atoms with Crippen molar-refractivity contribution in [3.63, 3.8) is 0 Å². The quantitative estimate of drug-likeness (QED) is 0.616. The van der Waals surface area contributed by atoms with Crippen molar-refractivity contribution < 1.29 is 17.7 Å². The third-order valence-electron chi connectivity index (χ3n) is 2.96. The van der Waals surface area contributed by atoms with Crippen LogP contribution in [-0.4, -0.2) is 25.5 Å². The molecule has 0 saturated carbocycles. The molecule has 2 rings (SSSR count). The SMILES string of the molecule is CC(C)(C)[S@+]([O-])N=Cc1cnc(-c2ccc(C(F)(F)F)cc2)nc1. The first-order valence-corrected chi connectivity index (χ1v) is 8.14. The second-order valence-corrected chi connectivity index (χ2v) is 7.95. The third kappa shape index (κ3) is 4.78. The summed E-state index contributed by atoms with van der Waals surface area (Å²) in [7, 11) is 0. The van der Waals surface area contributed by atoms with Crippen molar-refractivity contribution in [2.45, 2.75) is 31.7 Å². The molecule has 1 atom stereocenters. The van der Waals surface area contributed by atoms with Gasteiger partial charge in [-0.25, -0.2) is 9.97 Å². The largest absolute Gasteiger partial charge is 0.591 e. The zero-order chi connectivity index (χ0) is 18.0. The van der Waals surface area contributed by atoms with E-state index in [4.69, 9.17) is 0 Å². The second kappa shape index (κ2) is 6.90.